The molecule has 4 heterocycles. The Balaban J connectivity index is 0.000000190. The molecule has 0 spiro atoms. The zero-order valence-corrected chi connectivity index (χ0v) is 22.4. The smallest absolute Gasteiger partial charge is 0.315 e. The summed E-state index contributed by atoms with van der Waals surface area (Å²) in [5.41, 5.74) is 4.18. The van der Waals surface area contributed by atoms with Crippen LogP contribution in [0.25, 0.3) is 0 Å². The van der Waals surface area contributed by atoms with Gasteiger partial charge in [0.05, 0.1) is 24.2 Å². The minimum atomic E-state index is -0.137. The van der Waals surface area contributed by atoms with Gasteiger partial charge in [-0.05, 0) is 26.2 Å². The van der Waals surface area contributed by atoms with Gasteiger partial charge in [-0.15, -0.1) is 24.8 Å². The quantitative estimate of drug-likeness (QED) is 0.428. The number of hydrogen-bond acceptors (Lipinski definition) is 8. The summed E-state index contributed by atoms with van der Waals surface area (Å²) in [7, 11) is 4.26. The molecule has 0 radical (unpaired) electrons. The molecule has 6 rings (SSSR count). The first kappa shape index (κ1) is 28.1. The number of nitrogens with zero attached hydrogens (tertiary/aromatic N) is 4. The van der Waals surface area contributed by atoms with Crippen LogP contribution in [-0.4, -0.2) is 88.2 Å². The number of anilines is 2. The number of rotatable bonds is 2. The molecule has 0 atom stereocenters. The van der Waals surface area contributed by atoms with Crippen LogP contribution in [0.1, 0.15) is 11.1 Å². The van der Waals surface area contributed by atoms with E-state index in [9.17, 15) is 9.59 Å². The van der Waals surface area contributed by atoms with Crippen LogP contribution in [0.4, 0.5) is 11.4 Å². The number of benzene rings is 2. The van der Waals surface area contributed by atoms with Crippen LogP contribution in [0.15, 0.2) is 36.4 Å². The standard InChI is InChI=1S/2C13H16N2O2.2ClH/c2*1-14-5-7-15(8-6-14)11-4-2-3-10-9-12(16)17-13(10)11;;/h2*2-4H,5-9H2,1H3;2*1H. The summed E-state index contributed by atoms with van der Waals surface area (Å²) < 4.78 is 10.6. The highest BCUT2D eigenvalue weighted by Crippen LogP contribution is 2.38. The fourth-order valence-electron chi connectivity index (χ4n) is 4.86. The molecule has 0 aliphatic carbocycles. The molecule has 4 aliphatic heterocycles. The maximum atomic E-state index is 11.3. The van der Waals surface area contributed by atoms with Gasteiger partial charge in [-0.3, -0.25) is 9.59 Å². The van der Waals surface area contributed by atoms with E-state index in [1.807, 2.05) is 36.4 Å². The van der Waals surface area contributed by atoms with E-state index in [1.54, 1.807) is 0 Å². The largest absolute Gasteiger partial charge is 0.424 e. The van der Waals surface area contributed by atoms with Crippen LogP contribution in [0, 0.1) is 0 Å². The summed E-state index contributed by atoms with van der Waals surface area (Å²) in [5, 5.41) is 0. The number of esters is 2. The van der Waals surface area contributed by atoms with Crippen LogP contribution in [-0.2, 0) is 22.4 Å². The molecule has 2 aromatic rings. The molecule has 0 saturated carbocycles. The second-order valence-corrected chi connectivity index (χ2v) is 9.41. The number of hydrogen-bond donors (Lipinski definition) is 0. The summed E-state index contributed by atoms with van der Waals surface area (Å²) in [4.78, 5) is 31.9. The van der Waals surface area contributed by atoms with Gasteiger partial charge >= 0.3 is 11.9 Å². The number of carbonyl (C=O) groups is 2. The molecule has 0 unspecified atom stereocenters. The number of ether oxygens (including phenoxy) is 2. The fraction of sp³-hybridized carbons (Fsp3) is 0.462. The van der Waals surface area contributed by atoms with E-state index in [1.165, 1.54) is 0 Å². The summed E-state index contributed by atoms with van der Waals surface area (Å²) >= 11 is 0. The number of likely N-dealkylation sites (N-methyl/N-ethyl adjacent to an activating group) is 2. The Bertz CT molecular complexity index is 998. The number of fused-ring (bicyclic) bond motifs is 2. The first-order valence-electron chi connectivity index (χ1n) is 12.0. The average Bonchev–Trinajstić information content (AvgIpc) is 3.41. The van der Waals surface area contributed by atoms with Crippen molar-refractivity contribution in [3.05, 3.63) is 47.5 Å². The molecular weight excluding hydrogens is 503 g/mol. The molecule has 36 heavy (non-hydrogen) atoms. The molecule has 8 nitrogen and oxygen atoms in total. The van der Waals surface area contributed by atoms with Gasteiger partial charge in [0.15, 0.2) is 11.5 Å². The first-order valence-corrected chi connectivity index (χ1v) is 12.0. The summed E-state index contributed by atoms with van der Waals surface area (Å²) in [6.45, 7) is 8.18. The van der Waals surface area contributed by atoms with Crippen LogP contribution in [0.2, 0.25) is 0 Å². The van der Waals surface area contributed by atoms with Crippen LogP contribution >= 0.6 is 24.8 Å². The summed E-state index contributed by atoms with van der Waals surface area (Å²) in [6.07, 6.45) is 0.827. The van der Waals surface area contributed by atoms with Gasteiger partial charge in [-0.2, -0.15) is 0 Å². The van der Waals surface area contributed by atoms with Gasteiger partial charge in [0.1, 0.15) is 0 Å². The van der Waals surface area contributed by atoms with Gasteiger partial charge in [0.2, 0.25) is 0 Å². The first-order chi connectivity index (χ1) is 16.5. The third-order valence-electron chi connectivity index (χ3n) is 6.94. The van der Waals surface area contributed by atoms with Crippen LogP contribution < -0.4 is 19.3 Å². The Morgan fingerprint density at radius 1 is 0.583 bits per heavy atom. The molecule has 0 amide bonds. The zero-order valence-electron chi connectivity index (χ0n) is 20.8. The van der Waals surface area contributed by atoms with Gasteiger partial charge in [0.25, 0.3) is 0 Å². The van der Waals surface area contributed by atoms with Crippen molar-refractivity contribution in [1.29, 1.82) is 0 Å². The van der Waals surface area contributed by atoms with Crippen LogP contribution in [0.3, 0.4) is 0 Å². The van der Waals surface area contributed by atoms with Crippen molar-refractivity contribution in [1.82, 2.24) is 9.80 Å². The highest BCUT2D eigenvalue weighted by Gasteiger charge is 2.28. The average molecular weight is 537 g/mol. The minimum Gasteiger partial charge on any atom is -0.424 e. The highest BCUT2D eigenvalue weighted by molar-refractivity contribution is 5.86. The van der Waals surface area contributed by atoms with Crippen molar-refractivity contribution in [2.75, 3.05) is 76.3 Å². The van der Waals surface area contributed by atoms with Gasteiger partial charge in [-0.1, -0.05) is 24.3 Å². The predicted octanol–water partition coefficient (Wildman–Crippen LogP) is 2.64. The lowest BCUT2D eigenvalue weighted by atomic mass is 10.1. The van der Waals surface area contributed by atoms with Crippen molar-refractivity contribution >= 4 is 48.1 Å². The van der Waals surface area contributed by atoms with Gasteiger partial charge in [0, 0.05) is 63.5 Å². The maximum Gasteiger partial charge on any atom is 0.315 e. The lowest BCUT2D eigenvalue weighted by molar-refractivity contribution is -0.132. The molecule has 10 heteroatoms. The Hall–Kier alpha value is -2.52. The second kappa shape index (κ2) is 12.1. The van der Waals surface area contributed by atoms with Gasteiger partial charge in [-0.25, -0.2) is 0 Å². The van der Waals surface area contributed by atoms with Crippen molar-refractivity contribution in [2.24, 2.45) is 0 Å². The third kappa shape index (κ3) is 6.06. The van der Waals surface area contributed by atoms with Crippen molar-refractivity contribution in [2.45, 2.75) is 12.8 Å². The molecule has 196 valence electrons. The van der Waals surface area contributed by atoms with Gasteiger partial charge < -0.3 is 29.1 Å². The SMILES string of the molecule is CN1CCN(c2cccc3c2OC(=O)C3)CC1.CN1CCN(c2cccc3c2OC(=O)C3)CC1.Cl.Cl. The molecule has 0 bridgehead atoms. The molecule has 2 saturated heterocycles. The highest BCUT2D eigenvalue weighted by atomic mass is 35.5. The molecule has 2 aromatic carbocycles. The third-order valence-corrected chi connectivity index (χ3v) is 6.94. The molecule has 2 fully saturated rings. The summed E-state index contributed by atoms with van der Waals surface area (Å²) in [6, 6.07) is 12.0. The minimum absolute atomic E-state index is 0. The van der Waals surface area contributed by atoms with Crippen molar-refractivity contribution in [3.8, 4) is 11.5 Å². The van der Waals surface area contributed by atoms with E-state index < -0.39 is 0 Å². The molecule has 4 aliphatic rings. The van der Waals surface area contributed by atoms with Crippen molar-refractivity contribution < 1.29 is 19.1 Å². The topological polar surface area (TPSA) is 65.6 Å². The van der Waals surface area contributed by atoms with E-state index in [0.717, 1.165) is 86.4 Å². The maximum absolute atomic E-state index is 11.3. The van der Waals surface area contributed by atoms with Crippen LogP contribution in [0.5, 0.6) is 11.5 Å². The molecule has 0 aromatic heterocycles. The van der Waals surface area contributed by atoms with E-state index in [4.69, 9.17) is 9.47 Å². The predicted molar refractivity (Wildman–Crippen MR) is 145 cm³/mol. The monoisotopic (exact) mass is 536 g/mol. The Morgan fingerprint density at radius 3 is 1.31 bits per heavy atom. The Morgan fingerprint density at radius 2 is 0.944 bits per heavy atom. The lowest BCUT2D eigenvalue weighted by Crippen LogP contribution is -2.44. The lowest BCUT2D eigenvalue weighted by Gasteiger charge is -2.34. The number of piperazine rings is 2. The summed E-state index contributed by atoms with van der Waals surface area (Å²) in [5.74, 6) is 1.28. The van der Waals surface area contributed by atoms with E-state index >= 15 is 0 Å². The fourth-order valence-corrected chi connectivity index (χ4v) is 4.86. The second-order valence-electron chi connectivity index (χ2n) is 9.41. The van der Waals surface area contributed by atoms with E-state index in [2.05, 4.69) is 33.7 Å². The Labute approximate surface area is 224 Å². The number of carbonyl (C=O) groups excluding carboxylic acids is 2. The zero-order chi connectivity index (χ0) is 23.7. The Kier molecular flexibility index (Phi) is 9.47. The number of para-hydroxylation sites is 2. The van der Waals surface area contributed by atoms with E-state index in [0.29, 0.717) is 12.8 Å². The normalized spacial score (nSPS) is 19.2. The molecule has 0 N–H and O–H groups in total. The molecular formula is C26H34Cl2N4O4. The number of halogens is 2. The van der Waals surface area contributed by atoms with E-state index in [-0.39, 0.29) is 36.8 Å². The van der Waals surface area contributed by atoms with Crippen molar-refractivity contribution in [3.63, 3.8) is 0 Å².